The van der Waals surface area contributed by atoms with Crippen molar-refractivity contribution >= 4 is 29.9 Å². The van der Waals surface area contributed by atoms with E-state index in [1.165, 1.54) is 0 Å². The fraction of sp³-hybridized carbons (Fsp3) is 0.667. The minimum absolute atomic E-state index is 0. The Morgan fingerprint density at radius 1 is 1.42 bits per heavy atom. The quantitative estimate of drug-likeness (QED) is 0.286. The first-order valence-electron chi connectivity index (χ1n) is 9.00. The van der Waals surface area contributed by atoms with E-state index in [-0.39, 0.29) is 36.0 Å². The van der Waals surface area contributed by atoms with Gasteiger partial charge in [0, 0.05) is 44.0 Å². The Morgan fingerprint density at radius 3 is 2.92 bits per heavy atom. The zero-order valence-electron chi connectivity index (χ0n) is 15.7. The lowest BCUT2D eigenvalue weighted by Gasteiger charge is -2.27. The van der Waals surface area contributed by atoms with Crippen LogP contribution in [-0.2, 0) is 11.3 Å². The number of aromatic nitrogens is 1. The fourth-order valence-electron chi connectivity index (χ4n) is 2.87. The number of aliphatic hydroxyl groups is 1. The van der Waals surface area contributed by atoms with Crippen molar-refractivity contribution in [3.63, 3.8) is 0 Å². The summed E-state index contributed by atoms with van der Waals surface area (Å²) in [6.07, 6.45) is 3.44. The number of nitrogens with one attached hydrogen (secondary N) is 2. The second-order valence-corrected chi connectivity index (χ2v) is 6.26. The molecule has 1 atom stereocenters. The Labute approximate surface area is 173 Å². The Morgan fingerprint density at radius 2 is 2.27 bits per heavy atom. The maximum absolute atomic E-state index is 9.34. The van der Waals surface area contributed by atoms with Gasteiger partial charge in [-0.25, -0.2) is 9.98 Å². The summed E-state index contributed by atoms with van der Waals surface area (Å²) in [6.45, 7) is 8.26. The molecule has 1 fully saturated rings. The number of halogens is 1. The van der Waals surface area contributed by atoms with Crippen LogP contribution in [0, 0.1) is 5.41 Å². The van der Waals surface area contributed by atoms with Crippen molar-refractivity contribution in [2.24, 2.45) is 10.4 Å². The molecule has 2 rings (SSSR count). The maximum atomic E-state index is 9.34. The van der Waals surface area contributed by atoms with Gasteiger partial charge in [-0.05, 0) is 38.3 Å². The van der Waals surface area contributed by atoms with Crippen LogP contribution < -0.4 is 15.4 Å². The Hall–Kier alpha value is -1.13. The molecule has 0 radical (unpaired) electrons. The second kappa shape index (κ2) is 12.3. The van der Waals surface area contributed by atoms with E-state index in [2.05, 4.69) is 20.6 Å². The topological polar surface area (TPSA) is 88.0 Å². The van der Waals surface area contributed by atoms with Crippen molar-refractivity contribution in [3.05, 3.63) is 23.9 Å². The molecule has 0 spiro atoms. The van der Waals surface area contributed by atoms with Crippen molar-refractivity contribution in [2.75, 3.05) is 39.5 Å². The van der Waals surface area contributed by atoms with Crippen molar-refractivity contribution in [1.29, 1.82) is 0 Å². The van der Waals surface area contributed by atoms with Gasteiger partial charge >= 0.3 is 0 Å². The third kappa shape index (κ3) is 7.24. The normalized spacial score (nSPS) is 19.7. The Balaban J connectivity index is 0.00000338. The lowest BCUT2D eigenvalue weighted by atomic mass is 9.84. The molecule has 0 saturated carbocycles. The van der Waals surface area contributed by atoms with Gasteiger partial charge in [-0.1, -0.05) is 0 Å². The third-order valence-electron chi connectivity index (χ3n) is 4.31. The molecule has 1 unspecified atom stereocenters. The number of ether oxygens (including phenoxy) is 2. The summed E-state index contributed by atoms with van der Waals surface area (Å²) in [5, 5.41) is 16.0. The largest absolute Gasteiger partial charge is 0.478 e. The maximum Gasteiger partial charge on any atom is 0.213 e. The standard InChI is InChI=1S/C18H30N4O3.HI/c1-3-19-17(22-13-18(6-9-23)7-10-24-14-18)21-12-15-5-8-20-16(11-15)25-4-2;/h5,8,11,23H,3-4,6-7,9-10,12-14H2,1-2H3,(H2,19,21,22);1H. The molecule has 148 valence electrons. The van der Waals surface area contributed by atoms with E-state index >= 15 is 0 Å². The summed E-state index contributed by atoms with van der Waals surface area (Å²) in [7, 11) is 0. The van der Waals surface area contributed by atoms with E-state index in [0.29, 0.717) is 25.6 Å². The Bertz CT molecular complexity index is 551. The summed E-state index contributed by atoms with van der Waals surface area (Å²) in [6, 6.07) is 3.85. The highest BCUT2D eigenvalue weighted by molar-refractivity contribution is 14.0. The first-order chi connectivity index (χ1) is 12.2. The predicted molar refractivity (Wildman–Crippen MR) is 113 cm³/mol. The number of aliphatic hydroxyl groups excluding tert-OH is 1. The van der Waals surface area contributed by atoms with Crippen LogP contribution >= 0.6 is 24.0 Å². The molecule has 1 aromatic rings. The highest BCUT2D eigenvalue weighted by atomic mass is 127. The monoisotopic (exact) mass is 478 g/mol. The molecule has 3 N–H and O–H groups in total. The first kappa shape index (κ1) is 22.9. The number of nitrogens with zero attached hydrogens (tertiary/aromatic N) is 2. The van der Waals surface area contributed by atoms with Crippen molar-refractivity contribution in [1.82, 2.24) is 15.6 Å². The summed E-state index contributed by atoms with van der Waals surface area (Å²) >= 11 is 0. The van der Waals surface area contributed by atoms with Gasteiger partial charge in [0.1, 0.15) is 0 Å². The van der Waals surface area contributed by atoms with Gasteiger partial charge in [-0.15, -0.1) is 24.0 Å². The minimum atomic E-state index is -0.0102. The predicted octanol–water partition coefficient (Wildman–Crippen LogP) is 1.94. The number of hydrogen-bond acceptors (Lipinski definition) is 5. The van der Waals surface area contributed by atoms with E-state index in [9.17, 15) is 5.11 Å². The van der Waals surface area contributed by atoms with Gasteiger partial charge in [0.05, 0.1) is 19.8 Å². The smallest absolute Gasteiger partial charge is 0.213 e. The van der Waals surface area contributed by atoms with Gasteiger partial charge in [-0.3, -0.25) is 0 Å². The van der Waals surface area contributed by atoms with Crippen LogP contribution in [0.2, 0.25) is 0 Å². The molecule has 0 aromatic carbocycles. The number of rotatable bonds is 9. The molecule has 26 heavy (non-hydrogen) atoms. The van der Waals surface area contributed by atoms with E-state index in [4.69, 9.17) is 9.47 Å². The lowest BCUT2D eigenvalue weighted by molar-refractivity contribution is 0.127. The summed E-state index contributed by atoms with van der Waals surface area (Å²) < 4.78 is 11.0. The number of pyridine rings is 1. The molecule has 1 aliphatic heterocycles. The zero-order valence-corrected chi connectivity index (χ0v) is 18.0. The summed E-state index contributed by atoms with van der Waals surface area (Å²) in [4.78, 5) is 8.82. The lowest BCUT2D eigenvalue weighted by Crippen LogP contribution is -2.44. The van der Waals surface area contributed by atoms with Crippen LogP contribution in [0.4, 0.5) is 0 Å². The zero-order chi connectivity index (χ0) is 18.0. The number of hydrogen-bond donors (Lipinski definition) is 3. The van der Waals surface area contributed by atoms with E-state index in [1.54, 1.807) is 6.20 Å². The highest BCUT2D eigenvalue weighted by Gasteiger charge is 2.34. The van der Waals surface area contributed by atoms with Crippen molar-refractivity contribution in [3.8, 4) is 5.88 Å². The molecule has 7 nitrogen and oxygen atoms in total. The van der Waals surface area contributed by atoms with Crippen LogP contribution in [0.1, 0.15) is 32.3 Å². The third-order valence-corrected chi connectivity index (χ3v) is 4.31. The van der Waals surface area contributed by atoms with E-state index in [0.717, 1.165) is 44.1 Å². The van der Waals surface area contributed by atoms with Gasteiger partial charge in [0.25, 0.3) is 0 Å². The van der Waals surface area contributed by atoms with Gasteiger partial charge in [0.2, 0.25) is 5.88 Å². The molecule has 1 aromatic heterocycles. The molecular formula is C18H31IN4O3. The van der Waals surface area contributed by atoms with Gasteiger partial charge in [0.15, 0.2) is 5.96 Å². The van der Waals surface area contributed by atoms with Gasteiger partial charge in [-0.2, -0.15) is 0 Å². The van der Waals surface area contributed by atoms with Crippen LogP contribution in [0.3, 0.4) is 0 Å². The summed E-state index contributed by atoms with van der Waals surface area (Å²) in [5.74, 6) is 1.39. The van der Waals surface area contributed by atoms with Crippen LogP contribution in [-0.4, -0.2) is 55.6 Å². The summed E-state index contributed by atoms with van der Waals surface area (Å²) in [5.41, 5.74) is 1.04. The molecular weight excluding hydrogens is 447 g/mol. The average Bonchev–Trinajstić information content (AvgIpc) is 3.07. The van der Waals surface area contributed by atoms with Crippen LogP contribution in [0.15, 0.2) is 23.3 Å². The number of aliphatic imine (C=N–C) groups is 1. The van der Waals surface area contributed by atoms with Crippen LogP contribution in [0.5, 0.6) is 5.88 Å². The SMILES string of the molecule is CCNC(=NCc1ccnc(OCC)c1)NCC1(CCO)CCOC1.I. The molecule has 1 saturated heterocycles. The van der Waals surface area contributed by atoms with Crippen molar-refractivity contribution in [2.45, 2.75) is 33.2 Å². The minimum Gasteiger partial charge on any atom is -0.478 e. The Kier molecular flexibility index (Phi) is 10.8. The number of guanidine groups is 1. The molecule has 8 heteroatoms. The molecule has 1 aliphatic rings. The molecule has 0 amide bonds. The van der Waals surface area contributed by atoms with E-state index in [1.807, 2.05) is 26.0 Å². The fourth-order valence-corrected chi connectivity index (χ4v) is 2.87. The first-order valence-corrected chi connectivity index (χ1v) is 9.00. The second-order valence-electron chi connectivity index (χ2n) is 6.26. The molecule has 0 bridgehead atoms. The van der Waals surface area contributed by atoms with Gasteiger partial charge < -0.3 is 25.2 Å². The van der Waals surface area contributed by atoms with Crippen LogP contribution in [0.25, 0.3) is 0 Å². The molecule has 2 heterocycles. The average molecular weight is 478 g/mol. The highest BCUT2D eigenvalue weighted by Crippen LogP contribution is 2.31. The van der Waals surface area contributed by atoms with Crippen molar-refractivity contribution < 1.29 is 14.6 Å². The van der Waals surface area contributed by atoms with E-state index < -0.39 is 0 Å². The molecule has 0 aliphatic carbocycles.